The molecule has 1 rings (SSSR count). The first-order valence-electron chi connectivity index (χ1n) is 5.93. The van der Waals surface area contributed by atoms with E-state index in [1.54, 1.807) is 0 Å². The molecule has 0 saturated carbocycles. The lowest BCUT2D eigenvalue weighted by Gasteiger charge is -2.24. The van der Waals surface area contributed by atoms with E-state index in [4.69, 9.17) is 4.74 Å². The highest BCUT2D eigenvalue weighted by Gasteiger charge is 2.16. The van der Waals surface area contributed by atoms with Crippen molar-refractivity contribution in [3.05, 3.63) is 18.2 Å². The molecule has 4 nitrogen and oxygen atoms in total. The number of nitrogens with one attached hydrogen (secondary N) is 1. The third kappa shape index (κ3) is 3.94. The van der Waals surface area contributed by atoms with Gasteiger partial charge in [0.1, 0.15) is 5.82 Å². The van der Waals surface area contributed by atoms with Crippen LogP contribution < -0.4 is 5.32 Å². The van der Waals surface area contributed by atoms with Gasteiger partial charge < -0.3 is 14.6 Å². The van der Waals surface area contributed by atoms with E-state index in [9.17, 15) is 0 Å². The van der Waals surface area contributed by atoms with Crippen LogP contribution in [-0.2, 0) is 17.8 Å². The zero-order valence-corrected chi connectivity index (χ0v) is 10.8. The smallest absolute Gasteiger partial charge is 0.122 e. The molecule has 0 spiro atoms. The Bertz CT molecular complexity index is 307. The van der Waals surface area contributed by atoms with Gasteiger partial charge in [0, 0.05) is 32.1 Å². The van der Waals surface area contributed by atoms with E-state index in [1.807, 2.05) is 19.3 Å². The summed E-state index contributed by atoms with van der Waals surface area (Å²) < 4.78 is 7.76. The summed E-state index contributed by atoms with van der Waals surface area (Å²) in [6, 6.07) is 0. The van der Waals surface area contributed by atoms with Gasteiger partial charge in [0.2, 0.25) is 0 Å². The van der Waals surface area contributed by atoms with Crippen molar-refractivity contribution in [2.45, 2.75) is 46.4 Å². The number of imidazole rings is 1. The Hall–Kier alpha value is -0.870. The number of aromatic nitrogens is 2. The summed E-state index contributed by atoms with van der Waals surface area (Å²) in [5.41, 5.74) is -0.113. The van der Waals surface area contributed by atoms with Crippen LogP contribution in [0, 0.1) is 0 Å². The van der Waals surface area contributed by atoms with E-state index in [2.05, 4.69) is 35.6 Å². The van der Waals surface area contributed by atoms with E-state index in [-0.39, 0.29) is 5.60 Å². The van der Waals surface area contributed by atoms with Crippen LogP contribution in [0.15, 0.2) is 12.4 Å². The lowest BCUT2D eigenvalue weighted by atomic mass is 10.1. The van der Waals surface area contributed by atoms with Crippen LogP contribution >= 0.6 is 0 Å². The Morgan fingerprint density at radius 1 is 1.44 bits per heavy atom. The maximum atomic E-state index is 5.62. The van der Waals surface area contributed by atoms with E-state index in [0.717, 1.165) is 32.1 Å². The Morgan fingerprint density at radius 2 is 2.19 bits per heavy atom. The fourth-order valence-corrected chi connectivity index (χ4v) is 1.71. The highest BCUT2D eigenvalue weighted by Crippen LogP contribution is 2.07. The standard InChI is InChI=1S/C12H23N3O/c1-5-15-8-7-14-11(15)9-13-10-12(3,4)16-6-2/h7-8,13H,5-6,9-10H2,1-4H3. The second-order valence-corrected chi connectivity index (χ2v) is 4.43. The number of hydrogen-bond acceptors (Lipinski definition) is 3. The van der Waals surface area contributed by atoms with Gasteiger partial charge in [0.25, 0.3) is 0 Å². The zero-order chi connectivity index (χ0) is 12.0. The second-order valence-electron chi connectivity index (χ2n) is 4.43. The molecule has 0 aliphatic heterocycles. The summed E-state index contributed by atoms with van der Waals surface area (Å²) in [5, 5.41) is 3.38. The van der Waals surface area contributed by atoms with Crippen LogP contribution in [0.1, 0.15) is 33.5 Å². The monoisotopic (exact) mass is 225 g/mol. The number of ether oxygens (including phenoxy) is 1. The van der Waals surface area contributed by atoms with Crippen molar-refractivity contribution >= 4 is 0 Å². The van der Waals surface area contributed by atoms with Crippen molar-refractivity contribution in [2.75, 3.05) is 13.2 Å². The Morgan fingerprint density at radius 3 is 2.81 bits per heavy atom. The minimum absolute atomic E-state index is 0.113. The molecule has 0 unspecified atom stereocenters. The maximum absolute atomic E-state index is 5.62. The van der Waals surface area contributed by atoms with Gasteiger partial charge in [-0.3, -0.25) is 0 Å². The summed E-state index contributed by atoms with van der Waals surface area (Å²) in [6.45, 7) is 11.7. The predicted molar refractivity (Wildman–Crippen MR) is 65.3 cm³/mol. The van der Waals surface area contributed by atoms with Gasteiger partial charge in [0.05, 0.1) is 12.1 Å². The van der Waals surface area contributed by atoms with E-state index in [1.165, 1.54) is 0 Å². The average Bonchev–Trinajstić information content (AvgIpc) is 2.64. The molecule has 0 saturated heterocycles. The van der Waals surface area contributed by atoms with Crippen molar-refractivity contribution in [2.24, 2.45) is 0 Å². The van der Waals surface area contributed by atoms with Crippen LogP contribution in [0.25, 0.3) is 0 Å². The molecule has 1 aromatic rings. The molecular formula is C12H23N3O. The van der Waals surface area contributed by atoms with Gasteiger partial charge >= 0.3 is 0 Å². The highest BCUT2D eigenvalue weighted by atomic mass is 16.5. The first kappa shape index (κ1) is 13.2. The Balaban J connectivity index is 2.35. The largest absolute Gasteiger partial charge is 0.375 e. The normalized spacial score (nSPS) is 12.0. The average molecular weight is 225 g/mol. The predicted octanol–water partition coefficient (Wildman–Crippen LogP) is 1.81. The molecule has 0 fully saturated rings. The third-order valence-corrected chi connectivity index (χ3v) is 2.51. The molecule has 1 N–H and O–H groups in total. The lowest BCUT2D eigenvalue weighted by Crippen LogP contribution is -2.37. The first-order valence-corrected chi connectivity index (χ1v) is 5.93. The third-order valence-electron chi connectivity index (χ3n) is 2.51. The van der Waals surface area contributed by atoms with E-state index in [0.29, 0.717) is 0 Å². The van der Waals surface area contributed by atoms with Crippen molar-refractivity contribution in [3.63, 3.8) is 0 Å². The quantitative estimate of drug-likeness (QED) is 0.769. The van der Waals surface area contributed by atoms with Crippen molar-refractivity contribution in [1.82, 2.24) is 14.9 Å². The topological polar surface area (TPSA) is 39.1 Å². The van der Waals surface area contributed by atoms with Gasteiger partial charge in [-0.25, -0.2) is 4.98 Å². The molecule has 1 heterocycles. The maximum Gasteiger partial charge on any atom is 0.122 e. The summed E-state index contributed by atoms with van der Waals surface area (Å²) in [4.78, 5) is 4.31. The fraction of sp³-hybridized carbons (Fsp3) is 0.750. The van der Waals surface area contributed by atoms with Gasteiger partial charge in [0.15, 0.2) is 0 Å². The molecule has 92 valence electrons. The minimum atomic E-state index is -0.113. The number of rotatable bonds is 7. The molecule has 16 heavy (non-hydrogen) atoms. The zero-order valence-electron chi connectivity index (χ0n) is 10.8. The van der Waals surface area contributed by atoms with Crippen LogP contribution in [0.3, 0.4) is 0 Å². The van der Waals surface area contributed by atoms with Gasteiger partial charge in [-0.05, 0) is 27.7 Å². The number of nitrogens with zero attached hydrogens (tertiary/aromatic N) is 2. The molecule has 0 aliphatic rings. The van der Waals surface area contributed by atoms with E-state index < -0.39 is 0 Å². The fourth-order valence-electron chi connectivity index (χ4n) is 1.71. The second kappa shape index (κ2) is 6.01. The Labute approximate surface area is 98.0 Å². The van der Waals surface area contributed by atoms with Gasteiger partial charge in [-0.15, -0.1) is 0 Å². The molecule has 4 heteroatoms. The molecule has 0 amide bonds. The van der Waals surface area contributed by atoms with Crippen LogP contribution in [-0.4, -0.2) is 28.3 Å². The number of aryl methyl sites for hydroxylation is 1. The molecular weight excluding hydrogens is 202 g/mol. The summed E-state index contributed by atoms with van der Waals surface area (Å²) >= 11 is 0. The van der Waals surface area contributed by atoms with Crippen LogP contribution in [0.5, 0.6) is 0 Å². The first-order chi connectivity index (χ1) is 7.59. The van der Waals surface area contributed by atoms with Crippen molar-refractivity contribution < 1.29 is 4.74 Å². The number of hydrogen-bond donors (Lipinski definition) is 1. The minimum Gasteiger partial charge on any atom is -0.375 e. The molecule has 0 aromatic carbocycles. The summed E-state index contributed by atoms with van der Waals surface area (Å²) in [5.74, 6) is 1.08. The molecule has 0 bridgehead atoms. The summed E-state index contributed by atoms with van der Waals surface area (Å²) in [7, 11) is 0. The van der Waals surface area contributed by atoms with Gasteiger partial charge in [-0.2, -0.15) is 0 Å². The molecule has 0 aliphatic carbocycles. The lowest BCUT2D eigenvalue weighted by molar-refractivity contribution is -0.00910. The van der Waals surface area contributed by atoms with Crippen LogP contribution in [0.4, 0.5) is 0 Å². The SMILES string of the molecule is CCOC(C)(C)CNCc1nccn1CC. The van der Waals surface area contributed by atoms with Crippen molar-refractivity contribution in [3.8, 4) is 0 Å². The van der Waals surface area contributed by atoms with Gasteiger partial charge in [-0.1, -0.05) is 0 Å². The van der Waals surface area contributed by atoms with E-state index >= 15 is 0 Å². The highest BCUT2D eigenvalue weighted by molar-refractivity contribution is 4.92. The van der Waals surface area contributed by atoms with Crippen molar-refractivity contribution in [1.29, 1.82) is 0 Å². The Kier molecular flexibility index (Phi) is 4.96. The molecule has 1 aromatic heterocycles. The van der Waals surface area contributed by atoms with Crippen LogP contribution in [0.2, 0.25) is 0 Å². The molecule has 0 atom stereocenters. The summed E-state index contributed by atoms with van der Waals surface area (Å²) in [6.07, 6.45) is 3.85. The molecule has 0 radical (unpaired) electrons.